The minimum absolute atomic E-state index is 0.957. The summed E-state index contributed by atoms with van der Waals surface area (Å²) >= 11 is 0. The maximum absolute atomic E-state index is 4.23. The standard InChI is InChI=1S/C26H45/c1-4-7-9-11-13-15-17-20-24-22-19-23-25(26(24)6-3)21-18-16-14-12-10-8-5-2/h19,22-23H,3-18,20-21H2,1-2H3. The first kappa shape index (κ1) is 23.3. The van der Waals surface area contributed by atoms with Gasteiger partial charge in [0.1, 0.15) is 0 Å². The van der Waals surface area contributed by atoms with Crippen molar-refractivity contribution >= 4 is 0 Å². The minimum Gasteiger partial charge on any atom is -0.0654 e. The van der Waals surface area contributed by atoms with E-state index in [4.69, 9.17) is 0 Å². The van der Waals surface area contributed by atoms with Gasteiger partial charge in [0, 0.05) is 0 Å². The van der Waals surface area contributed by atoms with Crippen molar-refractivity contribution < 1.29 is 0 Å². The fraction of sp³-hybridized carbons (Fsp3) is 0.731. The van der Waals surface area contributed by atoms with Gasteiger partial charge in [-0.25, -0.2) is 0 Å². The molecule has 1 aromatic rings. The van der Waals surface area contributed by atoms with Crippen LogP contribution in [0.25, 0.3) is 0 Å². The molecule has 0 unspecified atom stereocenters. The molecule has 0 aliphatic carbocycles. The van der Waals surface area contributed by atoms with Crippen molar-refractivity contribution in [1.29, 1.82) is 0 Å². The van der Waals surface area contributed by atoms with Crippen LogP contribution in [0.5, 0.6) is 0 Å². The van der Waals surface area contributed by atoms with Crippen LogP contribution < -0.4 is 0 Å². The van der Waals surface area contributed by atoms with E-state index in [1.807, 2.05) is 0 Å². The molecular weight excluding hydrogens is 312 g/mol. The van der Waals surface area contributed by atoms with Crippen LogP contribution in [-0.4, -0.2) is 0 Å². The van der Waals surface area contributed by atoms with Gasteiger partial charge in [-0.1, -0.05) is 109 Å². The van der Waals surface area contributed by atoms with E-state index >= 15 is 0 Å². The molecule has 0 saturated carbocycles. The Morgan fingerprint density at radius 2 is 0.962 bits per heavy atom. The highest BCUT2D eigenvalue weighted by Crippen LogP contribution is 2.21. The summed E-state index contributed by atoms with van der Waals surface area (Å²) in [6.45, 7) is 8.82. The lowest BCUT2D eigenvalue weighted by Gasteiger charge is -2.14. The Balaban J connectivity index is 2.31. The number of hydrogen-bond donors (Lipinski definition) is 0. The molecule has 1 radical (unpaired) electrons. The molecule has 0 N–H and O–H groups in total. The van der Waals surface area contributed by atoms with E-state index in [0.29, 0.717) is 0 Å². The Hall–Kier alpha value is -0.780. The van der Waals surface area contributed by atoms with E-state index in [2.05, 4.69) is 39.0 Å². The third kappa shape index (κ3) is 10.4. The summed E-state index contributed by atoms with van der Waals surface area (Å²) in [7, 11) is 0. The summed E-state index contributed by atoms with van der Waals surface area (Å²) in [5.41, 5.74) is 4.72. The Bertz CT molecular complexity index is 395. The molecule has 1 rings (SSSR count). The van der Waals surface area contributed by atoms with Gasteiger partial charge in [-0.3, -0.25) is 0 Å². The van der Waals surface area contributed by atoms with Gasteiger partial charge in [0.15, 0.2) is 0 Å². The number of benzene rings is 1. The van der Waals surface area contributed by atoms with Gasteiger partial charge in [0.25, 0.3) is 0 Å². The Morgan fingerprint density at radius 3 is 1.35 bits per heavy atom. The number of hydrogen-bond acceptors (Lipinski definition) is 0. The molecule has 1 aromatic carbocycles. The second-order valence-corrected chi connectivity index (χ2v) is 8.05. The fourth-order valence-corrected chi connectivity index (χ4v) is 4.02. The van der Waals surface area contributed by atoms with Crippen LogP contribution in [0.15, 0.2) is 18.2 Å². The lowest BCUT2D eigenvalue weighted by molar-refractivity contribution is 0.586. The second kappa shape index (κ2) is 16.4. The molecule has 0 bridgehead atoms. The van der Waals surface area contributed by atoms with E-state index in [-0.39, 0.29) is 0 Å². The van der Waals surface area contributed by atoms with Crippen LogP contribution >= 0.6 is 0 Å². The molecule has 0 nitrogen and oxygen atoms in total. The SMILES string of the molecule is [CH2]Cc1c(CCCCCCCCC)cccc1CCCCCCCCC. The summed E-state index contributed by atoms with van der Waals surface area (Å²) in [4.78, 5) is 0. The third-order valence-electron chi connectivity index (χ3n) is 5.72. The average Bonchev–Trinajstić information content (AvgIpc) is 2.66. The predicted octanol–water partition coefficient (Wildman–Crippen LogP) is 8.65. The van der Waals surface area contributed by atoms with Gasteiger partial charge < -0.3 is 0 Å². The Kier molecular flexibility index (Phi) is 14.7. The van der Waals surface area contributed by atoms with Gasteiger partial charge in [-0.15, -0.1) is 0 Å². The monoisotopic (exact) mass is 357 g/mol. The summed E-state index contributed by atoms with van der Waals surface area (Å²) in [6.07, 6.45) is 23.0. The average molecular weight is 358 g/mol. The van der Waals surface area contributed by atoms with E-state index in [1.165, 1.54) is 103 Å². The highest BCUT2D eigenvalue weighted by molar-refractivity contribution is 5.36. The van der Waals surface area contributed by atoms with Crippen molar-refractivity contribution in [3.63, 3.8) is 0 Å². The van der Waals surface area contributed by atoms with Gasteiger partial charge in [-0.2, -0.15) is 0 Å². The van der Waals surface area contributed by atoms with Crippen molar-refractivity contribution in [2.24, 2.45) is 0 Å². The largest absolute Gasteiger partial charge is 0.0654 e. The second-order valence-electron chi connectivity index (χ2n) is 8.05. The third-order valence-corrected chi connectivity index (χ3v) is 5.72. The fourth-order valence-electron chi connectivity index (χ4n) is 4.02. The first-order chi connectivity index (χ1) is 12.8. The molecule has 0 aromatic heterocycles. The molecule has 0 spiro atoms. The first-order valence-electron chi connectivity index (χ1n) is 11.7. The quantitative estimate of drug-likeness (QED) is 0.245. The maximum Gasteiger partial charge on any atom is -0.0273 e. The smallest absolute Gasteiger partial charge is 0.0273 e. The van der Waals surface area contributed by atoms with E-state index in [0.717, 1.165) is 6.42 Å². The molecular formula is C26H45. The van der Waals surface area contributed by atoms with Crippen LogP contribution in [0, 0.1) is 6.92 Å². The lowest BCUT2D eigenvalue weighted by atomic mass is 9.92. The van der Waals surface area contributed by atoms with E-state index < -0.39 is 0 Å². The van der Waals surface area contributed by atoms with Crippen molar-refractivity contribution in [2.75, 3.05) is 0 Å². The van der Waals surface area contributed by atoms with Crippen LogP contribution in [-0.2, 0) is 19.3 Å². The molecule has 0 heteroatoms. The predicted molar refractivity (Wildman–Crippen MR) is 119 cm³/mol. The maximum atomic E-state index is 4.23. The zero-order valence-electron chi connectivity index (χ0n) is 18.0. The molecule has 0 saturated heterocycles. The summed E-state index contributed by atoms with van der Waals surface area (Å²) in [5, 5.41) is 0. The molecule has 149 valence electrons. The van der Waals surface area contributed by atoms with Crippen molar-refractivity contribution in [2.45, 2.75) is 123 Å². The van der Waals surface area contributed by atoms with Gasteiger partial charge in [-0.05, 0) is 55.7 Å². The van der Waals surface area contributed by atoms with E-state index in [9.17, 15) is 0 Å². The first-order valence-corrected chi connectivity index (χ1v) is 11.7. The Morgan fingerprint density at radius 1 is 0.577 bits per heavy atom. The molecule has 0 amide bonds. The van der Waals surface area contributed by atoms with Crippen LogP contribution in [0.2, 0.25) is 0 Å². The number of unbranched alkanes of at least 4 members (excludes halogenated alkanes) is 12. The molecule has 26 heavy (non-hydrogen) atoms. The van der Waals surface area contributed by atoms with Crippen LogP contribution in [0.4, 0.5) is 0 Å². The summed E-state index contributed by atoms with van der Waals surface area (Å²) < 4.78 is 0. The zero-order chi connectivity index (χ0) is 18.9. The normalized spacial score (nSPS) is 11.2. The van der Waals surface area contributed by atoms with Crippen molar-refractivity contribution in [3.05, 3.63) is 41.8 Å². The summed E-state index contributed by atoms with van der Waals surface area (Å²) in [5.74, 6) is 0. The van der Waals surface area contributed by atoms with Crippen molar-refractivity contribution in [3.8, 4) is 0 Å². The summed E-state index contributed by atoms with van der Waals surface area (Å²) in [6, 6.07) is 6.99. The van der Waals surface area contributed by atoms with Gasteiger partial charge in [0.2, 0.25) is 0 Å². The highest BCUT2D eigenvalue weighted by Gasteiger charge is 2.07. The minimum atomic E-state index is 0.957. The highest BCUT2D eigenvalue weighted by atomic mass is 14.1. The van der Waals surface area contributed by atoms with Gasteiger partial charge in [0.05, 0.1) is 0 Å². The van der Waals surface area contributed by atoms with E-state index in [1.54, 1.807) is 16.7 Å². The molecule has 0 heterocycles. The Labute approximate surface area is 165 Å². The topological polar surface area (TPSA) is 0 Å². The number of aryl methyl sites for hydroxylation is 2. The van der Waals surface area contributed by atoms with Crippen molar-refractivity contribution in [1.82, 2.24) is 0 Å². The molecule has 0 atom stereocenters. The molecule has 0 aliphatic heterocycles. The number of rotatable bonds is 17. The molecule has 0 fully saturated rings. The zero-order valence-corrected chi connectivity index (χ0v) is 18.0. The van der Waals surface area contributed by atoms with Crippen LogP contribution in [0.1, 0.15) is 120 Å². The lowest BCUT2D eigenvalue weighted by Crippen LogP contribution is -2.00. The molecule has 0 aliphatic rings. The van der Waals surface area contributed by atoms with Crippen LogP contribution in [0.3, 0.4) is 0 Å². The van der Waals surface area contributed by atoms with Gasteiger partial charge >= 0.3 is 0 Å².